The predicted molar refractivity (Wildman–Crippen MR) is 146 cm³/mol. The van der Waals surface area contributed by atoms with Crippen LogP contribution in [0.2, 0.25) is 10.0 Å². The number of carboxylic acids is 1. The zero-order valence-corrected chi connectivity index (χ0v) is 23.1. The summed E-state index contributed by atoms with van der Waals surface area (Å²) in [7, 11) is 0. The second-order valence-electron chi connectivity index (χ2n) is 10.9. The maximum absolute atomic E-state index is 12.8. The molecule has 2 aromatic rings. The summed E-state index contributed by atoms with van der Waals surface area (Å²) in [5, 5.41) is 15.8. The Balaban J connectivity index is 1.07. The van der Waals surface area contributed by atoms with Crippen LogP contribution in [0.4, 0.5) is 10.5 Å². The summed E-state index contributed by atoms with van der Waals surface area (Å²) in [6.07, 6.45) is 2.55. The Morgan fingerprint density at radius 2 is 1.90 bits per heavy atom. The number of aromatic nitrogens is 1. The highest BCUT2D eigenvalue weighted by atomic mass is 35.5. The fraction of sp³-hybridized carbons (Fsp3) is 0.481. The molecule has 10 nitrogen and oxygen atoms in total. The average Bonchev–Trinajstić information content (AvgIpc) is 3.64. The first-order valence-corrected chi connectivity index (χ1v) is 13.7. The van der Waals surface area contributed by atoms with Gasteiger partial charge in [0, 0.05) is 56.6 Å². The molecular weight excluding hydrogens is 545 g/mol. The monoisotopic (exact) mass is 575 g/mol. The normalized spacial score (nSPS) is 19.4. The molecule has 1 unspecified atom stereocenters. The molecule has 1 atom stereocenters. The zero-order chi connectivity index (χ0) is 27.8. The quantitative estimate of drug-likeness (QED) is 0.392. The summed E-state index contributed by atoms with van der Waals surface area (Å²) in [4.78, 5) is 44.9. The lowest BCUT2D eigenvalue weighted by molar-refractivity contribution is -0.148. The van der Waals surface area contributed by atoms with Gasteiger partial charge in [0.1, 0.15) is 5.02 Å². The number of carbonyl (C=O) groups is 3. The number of aliphatic carboxylic acids is 1. The molecule has 3 heterocycles. The van der Waals surface area contributed by atoms with E-state index in [0.717, 1.165) is 31.5 Å². The van der Waals surface area contributed by atoms with E-state index in [4.69, 9.17) is 27.9 Å². The van der Waals surface area contributed by atoms with Gasteiger partial charge in [-0.25, -0.2) is 9.78 Å². The summed E-state index contributed by atoms with van der Waals surface area (Å²) in [5.41, 5.74) is 1.00. The summed E-state index contributed by atoms with van der Waals surface area (Å²) in [6.45, 7) is 5.69. The molecule has 0 radical (unpaired) electrons. The number of nitrogens with one attached hydrogen (secondary N) is 2. The van der Waals surface area contributed by atoms with E-state index in [0.29, 0.717) is 36.8 Å². The molecule has 208 valence electrons. The van der Waals surface area contributed by atoms with Crippen molar-refractivity contribution in [1.82, 2.24) is 20.1 Å². The minimum Gasteiger partial charge on any atom is -0.481 e. The van der Waals surface area contributed by atoms with Crippen molar-refractivity contribution < 1.29 is 24.2 Å². The molecule has 1 aromatic heterocycles. The number of benzene rings is 1. The number of rotatable bonds is 10. The van der Waals surface area contributed by atoms with Gasteiger partial charge >= 0.3 is 12.0 Å². The number of anilines is 1. The van der Waals surface area contributed by atoms with E-state index in [1.165, 1.54) is 12.3 Å². The molecule has 1 aliphatic carbocycles. The van der Waals surface area contributed by atoms with E-state index < -0.39 is 17.5 Å². The third kappa shape index (κ3) is 6.08. The van der Waals surface area contributed by atoms with Gasteiger partial charge in [-0.05, 0) is 43.0 Å². The van der Waals surface area contributed by atoms with Crippen LogP contribution in [0.25, 0.3) is 0 Å². The number of nitrogens with zero attached hydrogens (tertiary/aromatic N) is 3. The predicted octanol–water partition coefficient (Wildman–Crippen LogP) is 3.88. The number of carbonyl (C=O) groups excluding carboxylic acids is 2. The molecule has 1 spiro atoms. The first-order valence-electron chi connectivity index (χ1n) is 13.0. The van der Waals surface area contributed by atoms with Crippen molar-refractivity contribution in [2.75, 3.05) is 38.0 Å². The molecule has 3 N–H and O–H groups in total. The van der Waals surface area contributed by atoms with E-state index in [9.17, 15) is 19.5 Å². The van der Waals surface area contributed by atoms with Crippen LogP contribution in [0, 0.1) is 10.8 Å². The fourth-order valence-corrected chi connectivity index (χ4v) is 5.77. The van der Waals surface area contributed by atoms with Gasteiger partial charge in [0.15, 0.2) is 6.10 Å². The zero-order valence-electron chi connectivity index (χ0n) is 21.6. The van der Waals surface area contributed by atoms with Crippen LogP contribution in [-0.4, -0.2) is 76.6 Å². The molecule has 2 aliphatic heterocycles. The third-order valence-electron chi connectivity index (χ3n) is 7.63. The van der Waals surface area contributed by atoms with Crippen molar-refractivity contribution in [3.8, 4) is 5.88 Å². The SMILES string of the molecule is CCC(Oc1ncc(Cl)cc1Cl)C(=O)NCc1cccc(NC(=O)N2CC3(CN(CC4(C(=O)O)CC4)C3)C2)c1. The first-order chi connectivity index (χ1) is 18.6. The van der Waals surface area contributed by atoms with Crippen molar-refractivity contribution in [2.45, 2.75) is 38.8 Å². The standard InChI is InChI=1S/C27H31Cl2N5O5/c1-2-21(39-23-20(29)9-18(28)11-31-23)22(35)30-10-17-4-3-5-19(8-17)32-25(38)34-14-26(15-34)12-33(13-26)16-27(6-7-27)24(36)37/h3-5,8-9,11,21H,2,6-7,10,12-16H2,1H3,(H,30,35)(H,32,38)(H,36,37). The molecule has 12 heteroatoms. The van der Waals surface area contributed by atoms with Gasteiger partial charge in [-0.1, -0.05) is 42.3 Å². The van der Waals surface area contributed by atoms with Crippen molar-refractivity contribution >= 4 is 46.8 Å². The molecule has 39 heavy (non-hydrogen) atoms. The van der Waals surface area contributed by atoms with Crippen molar-refractivity contribution in [3.05, 3.63) is 52.1 Å². The summed E-state index contributed by atoms with van der Waals surface area (Å²) in [5.74, 6) is -0.864. The van der Waals surface area contributed by atoms with E-state index in [-0.39, 0.29) is 34.8 Å². The van der Waals surface area contributed by atoms with Crippen molar-refractivity contribution in [1.29, 1.82) is 0 Å². The summed E-state index contributed by atoms with van der Waals surface area (Å²) < 4.78 is 5.69. The van der Waals surface area contributed by atoms with Crippen LogP contribution >= 0.6 is 23.2 Å². The van der Waals surface area contributed by atoms with Gasteiger partial charge in [-0.15, -0.1) is 0 Å². The third-order valence-corrected chi connectivity index (χ3v) is 8.10. The lowest BCUT2D eigenvalue weighted by Gasteiger charge is -2.60. The number of halogens is 2. The molecular formula is C27H31Cl2N5O5. The molecule has 3 aliphatic rings. The smallest absolute Gasteiger partial charge is 0.321 e. The molecule has 3 amide bonds. The van der Waals surface area contributed by atoms with Crippen molar-refractivity contribution in [3.63, 3.8) is 0 Å². The number of hydrogen-bond acceptors (Lipinski definition) is 6. The van der Waals surface area contributed by atoms with Gasteiger partial charge in [-0.2, -0.15) is 0 Å². The highest BCUT2D eigenvalue weighted by molar-refractivity contribution is 6.35. The molecule has 1 saturated carbocycles. The van der Waals surface area contributed by atoms with Crippen molar-refractivity contribution in [2.24, 2.45) is 10.8 Å². The molecule has 3 fully saturated rings. The number of likely N-dealkylation sites (tertiary alicyclic amines) is 2. The number of urea groups is 1. The number of amides is 3. The Labute approximate surface area is 236 Å². The Morgan fingerprint density at radius 3 is 2.54 bits per heavy atom. The highest BCUT2D eigenvalue weighted by Gasteiger charge is 2.58. The Kier molecular flexibility index (Phi) is 7.63. The van der Waals surface area contributed by atoms with Crippen LogP contribution in [-0.2, 0) is 16.1 Å². The van der Waals surface area contributed by atoms with E-state index in [1.54, 1.807) is 11.0 Å². The van der Waals surface area contributed by atoms with Gasteiger partial charge in [0.25, 0.3) is 5.91 Å². The average molecular weight is 576 g/mol. The van der Waals surface area contributed by atoms with E-state index in [2.05, 4.69) is 20.5 Å². The maximum Gasteiger partial charge on any atom is 0.321 e. The topological polar surface area (TPSA) is 124 Å². The van der Waals surface area contributed by atoms with Crippen LogP contribution in [0.5, 0.6) is 5.88 Å². The maximum atomic E-state index is 12.8. The van der Waals surface area contributed by atoms with Gasteiger partial charge in [-0.3, -0.25) is 9.59 Å². The van der Waals surface area contributed by atoms with Gasteiger partial charge < -0.3 is 30.3 Å². The lowest BCUT2D eigenvalue weighted by atomic mass is 9.72. The Morgan fingerprint density at radius 1 is 1.15 bits per heavy atom. The van der Waals surface area contributed by atoms with Crippen LogP contribution in [0.3, 0.4) is 0 Å². The fourth-order valence-electron chi connectivity index (χ4n) is 5.35. The Bertz CT molecular complexity index is 1270. The highest BCUT2D eigenvalue weighted by Crippen LogP contribution is 2.49. The summed E-state index contributed by atoms with van der Waals surface area (Å²) in [6, 6.07) is 8.63. The van der Waals surface area contributed by atoms with Gasteiger partial charge in [0.05, 0.1) is 10.4 Å². The second kappa shape index (κ2) is 10.8. The number of pyridine rings is 1. The number of hydrogen-bond donors (Lipinski definition) is 3. The van der Waals surface area contributed by atoms with E-state index in [1.807, 2.05) is 25.1 Å². The number of carboxylic acid groups (broad SMARTS) is 1. The first kappa shape index (κ1) is 27.5. The minimum atomic E-state index is -0.779. The van der Waals surface area contributed by atoms with Crippen LogP contribution < -0.4 is 15.4 Å². The van der Waals surface area contributed by atoms with Gasteiger partial charge in [0.2, 0.25) is 5.88 Å². The second-order valence-corrected chi connectivity index (χ2v) is 11.7. The van der Waals surface area contributed by atoms with Crippen LogP contribution in [0.1, 0.15) is 31.7 Å². The Hall–Kier alpha value is -3.08. The largest absolute Gasteiger partial charge is 0.481 e. The van der Waals surface area contributed by atoms with Crippen LogP contribution in [0.15, 0.2) is 36.5 Å². The summed E-state index contributed by atoms with van der Waals surface area (Å²) >= 11 is 12.0. The lowest BCUT2D eigenvalue weighted by Crippen LogP contribution is -2.73. The molecule has 5 rings (SSSR count). The number of ether oxygens (including phenoxy) is 1. The molecule has 2 saturated heterocycles. The molecule has 1 aromatic carbocycles. The van der Waals surface area contributed by atoms with E-state index >= 15 is 0 Å². The molecule has 0 bridgehead atoms. The minimum absolute atomic E-state index is 0.0850.